The van der Waals surface area contributed by atoms with Gasteiger partial charge < -0.3 is 4.79 Å². The van der Waals surface area contributed by atoms with E-state index in [0.29, 0.717) is 0 Å². The van der Waals surface area contributed by atoms with Crippen molar-refractivity contribution in [1.29, 1.82) is 0 Å². The predicted molar refractivity (Wildman–Crippen MR) is 30.9 cm³/mol. The van der Waals surface area contributed by atoms with E-state index < -0.39 is 11.8 Å². The van der Waals surface area contributed by atoms with Gasteiger partial charge in [-0.3, -0.25) is 4.79 Å². The minimum atomic E-state index is -1.28. The molecule has 0 amide bonds. The Morgan fingerprint density at radius 1 is 1.78 bits per heavy atom. The van der Waals surface area contributed by atoms with Gasteiger partial charge in [-0.25, -0.2) is 0 Å². The molecule has 4 heteroatoms. The minimum Gasteiger partial charge on any atom is -0.300 e. The highest BCUT2D eigenvalue weighted by Crippen LogP contribution is 1.91. The number of aldehydes is 1. The summed E-state index contributed by atoms with van der Waals surface area (Å²) in [5.41, 5.74) is 0. The van der Waals surface area contributed by atoms with Crippen LogP contribution in [-0.4, -0.2) is 18.1 Å². The van der Waals surface area contributed by atoms with E-state index in [1.54, 1.807) is 6.92 Å². The summed E-state index contributed by atoms with van der Waals surface area (Å²) in [6.07, 6.45) is 0.425. The summed E-state index contributed by atoms with van der Waals surface area (Å²) in [5, 5.41) is 2.31. The molecule has 1 unspecified atom stereocenters. The van der Waals surface area contributed by atoms with Gasteiger partial charge in [0, 0.05) is 6.42 Å². The third-order valence-electron chi connectivity index (χ3n) is 0.921. The summed E-state index contributed by atoms with van der Waals surface area (Å²) in [7, 11) is 0. The van der Waals surface area contributed by atoms with Gasteiger partial charge in [0.25, 0.3) is 0 Å². The standard InChI is InChI=1S/C5H7NO3/c1-2-5(8)4(3-7)6-9/h3-4H,2H2,1H3. The Morgan fingerprint density at radius 2 is 2.33 bits per heavy atom. The zero-order chi connectivity index (χ0) is 7.28. The van der Waals surface area contributed by atoms with E-state index in [1.165, 1.54) is 0 Å². The van der Waals surface area contributed by atoms with Crippen molar-refractivity contribution in [2.75, 3.05) is 0 Å². The highest BCUT2D eigenvalue weighted by atomic mass is 16.3. The Hall–Kier alpha value is -1.06. The molecule has 0 N–H and O–H groups in total. The second kappa shape index (κ2) is 3.88. The van der Waals surface area contributed by atoms with Gasteiger partial charge in [0.1, 0.15) is 0 Å². The van der Waals surface area contributed by atoms with Crippen LogP contribution in [0.25, 0.3) is 0 Å². The number of hydrogen-bond acceptors (Lipinski definition) is 4. The van der Waals surface area contributed by atoms with Crippen LogP contribution < -0.4 is 0 Å². The Balaban J connectivity index is 3.93. The third-order valence-corrected chi connectivity index (χ3v) is 0.921. The van der Waals surface area contributed by atoms with Crippen LogP contribution in [0.3, 0.4) is 0 Å². The van der Waals surface area contributed by atoms with E-state index in [9.17, 15) is 14.5 Å². The number of rotatable bonds is 4. The molecule has 50 valence electrons. The highest BCUT2D eigenvalue weighted by Gasteiger charge is 2.14. The van der Waals surface area contributed by atoms with Gasteiger partial charge >= 0.3 is 0 Å². The molecule has 0 bridgehead atoms. The van der Waals surface area contributed by atoms with Crippen LogP contribution in [0.1, 0.15) is 13.3 Å². The molecule has 0 rings (SSSR count). The summed E-state index contributed by atoms with van der Waals surface area (Å²) < 4.78 is 0. The molecule has 9 heavy (non-hydrogen) atoms. The maximum Gasteiger partial charge on any atom is 0.205 e. The van der Waals surface area contributed by atoms with E-state index >= 15 is 0 Å². The van der Waals surface area contributed by atoms with Crippen LogP contribution in [0.15, 0.2) is 5.18 Å². The van der Waals surface area contributed by atoms with Gasteiger partial charge in [-0.15, -0.1) is 4.91 Å². The minimum absolute atomic E-state index is 0.176. The van der Waals surface area contributed by atoms with Gasteiger partial charge in [-0.1, -0.05) is 12.1 Å². The number of Topliss-reactive ketones (excluding diaryl/α,β-unsaturated/α-hetero) is 1. The Morgan fingerprint density at radius 3 is 2.44 bits per heavy atom. The summed E-state index contributed by atoms with van der Waals surface area (Å²) in [6.45, 7) is 1.57. The number of carbonyl (C=O) groups is 2. The number of nitrogens with zero attached hydrogens (tertiary/aromatic N) is 1. The van der Waals surface area contributed by atoms with Crippen molar-refractivity contribution >= 4 is 12.1 Å². The smallest absolute Gasteiger partial charge is 0.205 e. The maximum absolute atomic E-state index is 10.4. The Labute approximate surface area is 52.2 Å². The zero-order valence-electron chi connectivity index (χ0n) is 5.03. The van der Waals surface area contributed by atoms with E-state index in [-0.39, 0.29) is 12.7 Å². The zero-order valence-corrected chi connectivity index (χ0v) is 5.03. The van der Waals surface area contributed by atoms with Crippen LogP contribution in [0.2, 0.25) is 0 Å². The first-order chi connectivity index (χ1) is 4.26. The fourth-order valence-electron chi connectivity index (χ4n) is 0.369. The molecule has 4 nitrogen and oxygen atoms in total. The molecular formula is C5H7NO3. The molecule has 0 aromatic carbocycles. The molecule has 0 aromatic heterocycles. The molecule has 1 atom stereocenters. The molecule has 0 aliphatic heterocycles. The average molecular weight is 129 g/mol. The van der Waals surface area contributed by atoms with Crippen LogP contribution >= 0.6 is 0 Å². The fraction of sp³-hybridized carbons (Fsp3) is 0.600. The van der Waals surface area contributed by atoms with Crippen molar-refractivity contribution in [3.05, 3.63) is 4.91 Å². The van der Waals surface area contributed by atoms with Crippen molar-refractivity contribution in [1.82, 2.24) is 0 Å². The second-order valence-corrected chi connectivity index (χ2v) is 1.51. The predicted octanol–water partition coefficient (Wildman–Crippen LogP) is 0.299. The van der Waals surface area contributed by atoms with Gasteiger partial charge in [0.05, 0.1) is 0 Å². The van der Waals surface area contributed by atoms with E-state index in [2.05, 4.69) is 5.18 Å². The van der Waals surface area contributed by atoms with Gasteiger partial charge in [0.15, 0.2) is 12.1 Å². The van der Waals surface area contributed by atoms with E-state index in [1.807, 2.05) is 0 Å². The molecule has 0 spiro atoms. The molecule has 0 aliphatic rings. The lowest BCUT2D eigenvalue weighted by molar-refractivity contribution is -0.123. The van der Waals surface area contributed by atoms with Crippen molar-refractivity contribution in [3.8, 4) is 0 Å². The summed E-state index contributed by atoms with van der Waals surface area (Å²) in [5.74, 6) is -0.431. The molecule has 0 aliphatic carbocycles. The molecular weight excluding hydrogens is 122 g/mol. The lowest BCUT2D eigenvalue weighted by Gasteiger charge is -1.92. The Bertz CT molecular complexity index is 124. The van der Waals surface area contributed by atoms with Gasteiger partial charge in [0.2, 0.25) is 6.04 Å². The van der Waals surface area contributed by atoms with Gasteiger partial charge in [-0.2, -0.15) is 0 Å². The summed E-state index contributed by atoms with van der Waals surface area (Å²) in [4.78, 5) is 29.9. The fourth-order valence-corrected chi connectivity index (χ4v) is 0.369. The average Bonchev–Trinajstić information content (AvgIpc) is 1.90. The number of nitroso groups, excluding NO2 is 1. The monoisotopic (exact) mass is 129 g/mol. The number of ketones is 1. The highest BCUT2D eigenvalue weighted by molar-refractivity contribution is 5.97. The van der Waals surface area contributed by atoms with Gasteiger partial charge in [-0.05, 0) is 0 Å². The second-order valence-electron chi connectivity index (χ2n) is 1.51. The summed E-state index contributed by atoms with van der Waals surface area (Å²) in [6, 6.07) is -1.28. The topological polar surface area (TPSA) is 63.6 Å². The molecule has 0 saturated carbocycles. The van der Waals surface area contributed by atoms with Crippen LogP contribution in [0.5, 0.6) is 0 Å². The molecule has 0 radical (unpaired) electrons. The molecule has 0 aromatic rings. The Kier molecular flexibility index (Phi) is 3.43. The first kappa shape index (κ1) is 7.94. The number of hydrogen-bond donors (Lipinski definition) is 0. The molecule has 0 saturated heterocycles. The third kappa shape index (κ3) is 2.12. The van der Waals surface area contributed by atoms with Crippen molar-refractivity contribution < 1.29 is 9.59 Å². The lowest BCUT2D eigenvalue weighted by Crippen LogP contribution is -2.17. The molecule has 0 fully saturated rings. The van der Waals surface area contributed by atoms with Crippen molar-refractivity contribution in [3.63, 3.8) is 0 Å². The first-order valence-electron chi connectivity index (χ1n) is 2.56. The quantitative estimate of drug-likeness (QED) is 0.311. The van der Waals surface area contributed by atoms with Crippen molar-refractivity contribution in [2.24, 2.45) is 5.18 Å². The normalized spacial score (nSPS) is 12.1. The summed E-state index contributed by atoms with van der Waals surface area (Å²) >= 11 is 0. The largest absolute Gasteiger partial charge is 0.300 e. The maximum atomic E-state index is 10.4. The van der Waals surface area contributed by atoms with E-state index in [0.717, 1.165) is 0 Å². The van der Waals surface area contributed by atoms with Crippen LogP contribution in [-0.2, 0) is 9.59 Å². The molecule has 0 heterocycles. The van der Waals surface area contributed by atoms with Crippen molar-refractivity contribution in [2.45, 2.75) is 19.4 Å². The first-order valence-corrected chi connectivity index (χ1v) is 2.56. The van der Waals surface area contributed by atoms with Crippen LogP contribution in [0.4, 0.5) is 0 Å². The van der Waals surface area contributed by atoms with Crippen LogP contribution in [0, 0.1) is 4.91 Å². The number of carbonyl (C=O) groups excluding carboxylic acids is 2. The van der Waals surface area contributed by atoms with E-state index in [4.69, 9.17) is 0 Å². The lowest BCUT2D eigenvalue weighted by atomic mass is 10.2. The SMILES string of the molecule is CCC(=O)C(C=O)N=O.